The highest BCUT2D eigenvalue weighted by Gasteiger charge is 2.13. The van der Waals surface area contributed by atoms with E-state index in [0.29, 0.717) is 11.5 Å². The number of aromatic amines is 1. The molecule has 1 amide bonds. The summed E-state index contributed by atoms with van der Waals surface area (Å²) >= 11 is 0. The van der Waals surface area contributed by atoms with Crippen LogP contribution in [0.4, 0.5) is 5.82 Å². The van der Waals surface area contributed by atoms with Crippen molar-refractivity contribution in [3.05, 3.63) is 42.2 Å². The smallest absolute Gasteiger partial charge is 0.275 e. The fourth-order valence-corrected chi connectivity index (χ4v) is 1.83. The number of fused-ring (bicyclic) bond motifs is 1. The summed E-state index contributed by atoms with van der Waals surface area (Å²) in [6.07, 6.45) is 1.58. The molecule has 6 nitrogen and oxygen atoms in total. The maximum Gasteiger partial charge on any atom is 0.275 e. The zero-order valence-electron chi connectivity index (χ0n) is 9.71. The number of aryl methyl sites for hydroxylation is 1. The third-order valence-corrected chi connectivity index (χ3v) is 2.76. The number of aromatic nitrogens is 4. The van der Waals surface area contributed by atoms with Gasteiger partial charge in [-0.25, -0.2) is 0 Å². The van der Waals surface area contributed by atoms with Crippen LogP contribution in [0.15, 0.2) is 36.5 Å². The lowest BCUT2D eigenvalue weighted by Gasteiger charge is -2.02. The summed E-state index contributed by atoms with van der Waals surface area (Å²) in [6, 6.07) is 9.27. The summed E-state index contributed by atoms with van der Waals surface area (Å²) in [5.41, 5.74) is 1.37. The number of hydrogen-bond donors (Lipinski definition) is 2. The number of carbonyl (C=O) groups is 1. The fourth-order valence-electron chi connectivity index (χ4n) is 1.83. The highest BCUT2D eigenvalue weighted by atomic mass is 16.2. The third kappa shape index (κ3) is 1.64. The maximum absolute atomic E-state index is 12.0. The second-order valence-electron chi connectivity index (χ2n) is 3.91. The predicted octanol–water partition coefficient (Wildman–Crippen LogP) is 1.55. The lowest BCUT2D eigenvalue weighted by molar-refractivity contribution is 0.101. The monoisotopic (exact) mass is 241 g/mol. The van der Waals surface area contributed by atoms with E-state index >= 15 is 0 Å². The van der Waals surface area contributed by atoms with E-state index in [9.17, 15) is 4.79 Å². The van der Waals surface area contributed by atoms with Crippen molar-refractivity contribution >= 4 is 22.6 Å². The molecular formula is C12H11N5O. The van der Waals surface area contributed by atoms with Crippen molar-refractivity contribution < 1.29 is 4.79 Å². The van der Waals surface area contributed by atoms with E-state index in [2.05, 4.69) is 20.6 Å². The first-order chi connectivity index (χ1) is 8.75. The summed E-state index contributed by atoms with van der Waals surface area (Å²) < 4.78 is 1.52. The second kappa shape index (κ2) is 3.99. The van der Waals surface area contributed by atoms with Gasteiger partial charge in [-0.1, -0.05) is 12.1 Å². The molecule has 0 radical (unpaired) electrons. The van der Waals surface area contributed by atoms with Crippen LogP contribution >= 0.6 is 0 Å². The van der Waals surface area contributed by atoms with Crippen molar-refractivity contribution in [2.75, 3.05) is 5.32 Å². The molecule has 90 valence electrons. The molecule has 0 aliphatic heterocycles. The average molecular weight is 241 g/mol. The minimum Gasteiger partial charge on any atom is -0.303 e. The number of benzene rings is 1. The van der Waals surface area contributed by atoms with Gasteiger partial charge in [0.2, 0.25) is 0 Å². The van der Waals surface area contributed by atoms with Gasteiger partial charge in [0.05, 0.1) is 5.52 Å². The molecule has 0 atom stereocenters. The van der Waals surface area contributed by atoms with Crippen molar-refractivity contribution in [1.82, 2.24) is 20.0 Å². The van der Waals surface area contributed by atoms with Crippen LogP contribution in [0.1, 0.15) is 10.5 Å². The van der Waals surface area contributed by atoms with E-state index in [1.54, 1.807) is 19.3 Å². The van der Waals surface area contributed by atoms with Gasteiger partial charge in [-0.3, -0.25) is 14.6 Å². The summed E-state index contributed by atoms with van der Waals surface area (Å²) in [5, 5.41) is 14.6. The molecule has 2 aromatic heterocycles. The number of H-pyrrole nitrogens is 1. The third-order valence-electron chi connectivity index (χ3n) is 2.76. The molecular weight excluding hydrogens is 230 g/mol. The van der Waals surface area contributed by atoms with E-state index in [1.807, 2.05) is 24.3 Å². The van der Waals surface area contributed by atoms with Crippen LogP contribution in [-0.2, 0) is 7.05 Å². The summed E-state index contributed by atoms with van der Waals surface area (Å²) in [6.45, 7) is 0. The van der Waals surface area contributed by atoms with Gasteiger partial charge in [-0.2, -0.15) is 10.2 Å². The van der Waals surface area contributed by atoms with Gasteiger partial charge in [0, 0.05) is 18.6 Å². The number of rotatable bonds is 2. The first-order valence-corrected chi connectivity index (χ1v) is 5.48. The normalized spacial score (nSPS) is 10.7. The molecule has 0 spiro atoms. The van der Waals surface area contributed by atoms with E-state index in [0.717, 1.165) is 10.9 Å². The van der Waals surface area contributed by atoms with Gasteiger partial charge in [0.1, 0.15) is 5.69 Å². The van der Waals surface area contributed by atoms with E-state index in [1.165, 1.54) is 4.68 Å². The van der Waals surface area contributed by atoms with Crippen molar-refractivity contribution in [1.29, 1.82) is 0 Å². The van der Waals surface area contributed by atoms with Crippen molar-refractivity contribution in [2.45, 2.75) is 0 Å². The zero-order valence-corrected chi connectivity index (χ0v) is 9.71. The number of para-hydroxylation sites is 1. The molecule has 1 aromatic carbocycles. The Balaban J connectivity index is 1.93. The molecule has 6 heteroatoms. The Morgan fingerprint density at radius 1 is 1.33 bits per heavy atom. The number of amides is 1. The standard InChI is InChI=1S/C12H11N5O/c1-17-10(6-7-13-17)12(18)14-11-8-4-2-3-5-9(8)15-16-11/h2-7H,1H3,(H2,14,15,16,18). The van der Waals surface area contributed by atoms with Crippen LogP contribution in [0.2, 0.25) is 0 Å². The van der Waals surface area contributed by atoms with Gasteiger partial charge >= 0.3 is 0 Å². The lowest BCUT2D eigenvalue weighted by Crippen LogP contribution is -2.16. The van der Waals surface area contributed by atoms with E-state index in [4.69, 9.17) is 0 Å². The lowest BCUT2D eigenvalue weighted by atomic mass is 10.2. The Morgan fingerprint density at radius 2 is 2.17 bits per heavy atom. The minimum atomic E-state index is -0.229. The van der Waals surface area contributed by atoms with Gasteiger partial charge in [0.25, 0.3) is 5.91 Å². The van der Waals surface area contributed by atoms with Crippen LogP contribution in [-0.4, -0.2) is 25.9 Å². The Morgan fingerprint density at radius 3 is 2.94 bits per heavy atom. The van der Waals surface area contributed by atoms with Crippen molar-refractivity contribution in [2.24, 2.45) is 7.05 Å². The molecule has 0 bridgehead atoms. The fraction of sp³-hybridized carbons (Fsp3) is 0.0833. The molecule has 3 aromatic rings. The highest BCUT2D eigenvalue weighted by molar-refractivity contribution is 6.06. The largest absolute Gasteiger partial charge is 0.303 e. The first-order valence-electron chi connectivity index (χ1n) is 5.48. The Hall–Kier alpha value is -2.63. The van der Waals surface area contributed by atoms with Gasteiger partial charge in [0.15, 0.2) is 5.82 Å². The molecule has 0 saturated heterocycles. The number of hydrogen-bond acceptors (Lipinski definition) is 3. The van der Waals surface area contributed by atoms with E-state index < -0.39 is 0 Å². The number of nitrogens with zero attached hydrogens (tertiary/aromatic N) is 3. The van der Waals surface area contributed by atoms with Crippen molar-refractivity contribution in [3.63, 3.8) is 0 Å². The quantitative estimate of drug-likeness (QED) is 0.714. The Kier molecular flexibility index (Phi) is 2.33. The molecule has 2 N–H and O–H groups in total. The molecule has 0 saturated carbocycles. The SMILES string of the molecule is Cn1nccc1C(=O)Nc1n[nH]c2ccccc12. The number of nitrogens with one attached hydrogen (secondary N) is 2. The summed E-state index contributed by atoms with van der Waals surface area (Å²) in [5.74, 6) is 0.295. The Labute approximate surface area is 103 Å². The van der Waals surface area contributed by atoms with E-state index in [-0.39, 0.29) is 5.91 Å². The van der Waals surface area contributed by atoms with Crippen LogP contribution in [0.3, 0.4) is 0 Å². The second-order valence-corrected chi connectivity index (χ2v) is 3.91. The minimum absolute atomic E-state index is 0.229. The van der Waals surface area contributed by atoms with Crippen LogP contribution in [0.5, 0.6) is 0 Å². The average Bonchev–Trinajstić information content (AvgIpc) is 2.97. The molecule has 0 unspecified atom stereocenters. The molecule has 18 heavy (non-hydrogen) atoms. The summed E-state index contributed by atoms with van der Waals surface area (Å²) in [7, 11) is 1.72. The first kappa shape index (κ1) is 10.5. The Bertz CT molecular complexity index is 712. The molecule has 0 aliphatic carbocycles. The van der Waals surface area contributed by atoms with Crippen LogP contribution in [0, 0.1) is 0 Å². The van der Waals surface area contributed by atoms with Gasteiger partial charge in [-0.15, -0.1) is 0 Å². The summed E-state index contributed by atoms with van der Waals surface area (Å²) in [4.78, 5) is 12.0. The zero-order chi connectivity index (χ0) is 12.5. The number of anilines is 1. The molecule has 2 heterocycles. The number of carbonyl (C=O) groups excluding carboxylic acids is 1. The van der Waals surface area contributed by atoms with Crippen LogP contribution < -0.4 is 5.32 Å². The van der Waals surface area contributed by atoms with Gasteiger partial charge in [-0.05, 0) is 18.2 Å². The van der Waals surface area contributed by atoms with Crippen LogP contribution in [0.25, 0.3) is 10.9 Å². The maximum atomic E-state index is 12.0. The molecule has 0 aliphatic rings. The predicted molar refractivity (Wildman–Crippen MR) is 67.3 cm³/mol. The van der Waals surface area contributed by atoms with Crippen molar-refractivity contribution in [3.8, 4) is 0 Å². The topological polar surface area (TPSA) is 75.6 Å². The molecule has 3 rings (SSSR count). The van der Waals surface area contributed by atoms with Gasteiger partial charge < -0.3 is 5.32 Å². The highest BCUT2D eigenvalue weighted by Crippen LogP contribution is 2.19. The molecule has 0 fully saturated rings.